The summed E-state index contributed by atoms with van der Waals surface area (Å²) >= 11 is 0. The zero-order chi connectivity index (χ0) is 15.6. The number of rotatable bonds is 4. The Balaban J connectivity index is 0.00000113. The average molecular weight is 380 g/mol. The molecule has 1 aliphatic heterocycles. The Morgan fingerprint density at radius 1 is 1.16 bits per heavy atom. The van der Waals surface area contributed by atoms with Crippen molar-refractivity contribution in [1.29, 1.82) is 0 Å². The number of carbonyl (C=O) groups is 1. The van der Waals surface area contributed by atoms with Crippen LogP contribution in [0.5, 0.6) is 0 Å². The quantitative estimate of drug-likeness (QED) is 0.855. The van der Waals surface area contributed by atoms with Gasteiger partial charge < -0.3 is 10.6 Å². The lowest BCUT2D eigenvalue weighted by molar-refractivity contribution is 0.0944. The molecule has 4 nitrogen and oxygen atoms in total. The van der Waals surface area contributed by atoms with Crippen molar-refractivity contribution in [2.24, 2.45) is 0 Å². The summed E-state index contributed by atoms with van der Waals surface area (Å²) < 4.78 is 0. The van der Waals surface area contributed by atoms with Gasteiger partial charge in [0, 0.05) is 18.8 Å². The van der Waals surface area contributed by atoms with Gasteiger partial charge in [0.2, 0.25) is 0 Å². The topological polar surface area (TPSA) is 54.0 Å². The average Bonchev–Trinajstić information content (AvgIpc) is 3.45. The molecule has 1 unspecified atom stereocenters. The normalized spacial score (nSPS) is 18.3. The number of carbonyl (C=O) groups excluding carboxylic acids is 1. The van der Waals surface area contributed by atoms with Crippen molar-refractivity contribution in [3.63, 3.8) is 0 Å². The molecule has 1 aromatic carbocycles. The van der Waals surface area contributed by atoms with E-state index in [1.165, 1.54) is 29.5 Å². The molecule has 1 saturated carbocycles. The molecule has 6 heteroatoms. The molecule has 25 heavy (non-hydrogen) atoms. The molecule has 0 saturated heterocycles. The highest BCUT2D eigenvalue weighted by molar-refractivity contribution is 5.92. The second-order valence-electron chi connectivity index (χ2n) is 6.42. The highest BCUT2D eigenvalue weighted by atomic mass is 35.5. The zero-order valence-electron chi connectivity index (χ0n) is 13.9. The van der Waals surface area contributed by atoms with Crippen LogP contribution in [0, 0.1) is 0 Å². The van der Waals surface area contributed by atoms with Gasteiger partial charge in [-0.2, -0.15) is 0 Å². The standard InChI is InChI=1S/C19H21N3O.2ClH/c23-19(17-8-7-15(11-21-17)13-5-6-13)22-12-18-16-4-2-1-3-14(16)9-10-20-18;;/h1-4,7-8,11,13,18,20H,5-6,9-10,12H2,(H,22,23);2*1H. The van der Waals surface area contributed by atoms with Crippen LogP contribution in [0.3, 0.4) is 0 Å². The van der Waals surface area contributed by atoms with Gasteiger partial charge in [0.1, 0.15) is 5.69 Å². The molecular weight excluding hydrogens is 357 g/mol. The molecule has 1 amide bonds. The van der Waals surface area contributed by atoms with Crippen molar-refractivity contribution in [2.45, 2.75) is 31.2 Å². The lowest BCUT2D eigenvalue weighted by Crippen LogP contribution is -2.39. The van der Waals surface area contributed by atoms with Gasteiger partial charge in [-0.25, -0.2) is 0 Å². The lowest BCUT2D eigenvalue weighted by Gasteiger charge is -2.27. The van der Waals surface area contributed by atoms with Crippen molar-refractivity contribution in [3.05, 3.63) is 65.0 Å². The molecule has 2 heterocycles. The van der Waals surface area contributed by atoms with Gasteiger partial charge in [-0.15, -0.1) is 24.8 Å². The fraction of sp³-hybridized carbons (Fsp3) is 0.368. The van der Waals surface area contributed by atoms with Crippen molar-refractivity contribution in [2.75, 3.05) is 13.1 Å². The van der Waals surface area contributed by atoms with E-state index < -0.39 is 0 Å². The van der Waals surface area contributed by atoms with Crippen molar-refractivity contribution in [1.82, 2.24) is 15.6 Å². The van der Waals surface area contributed by atoms with Crippen molar-refractivity contribution >= 4 is 30.7 Å². The molecule has 2 aromatic rings. The summed E-state index contributed by atoms with van der Waals surface area (Å²) in [6.07, 6.45) is 5.39. The van der Waals surface area contributed by atoms with E-state index >= 15 is 0 Å². The zero-order valence-corrected chi connectivity index (χ0v) is 15.5. The Morgan fingerprint density at radius 2 is 1.96 bits per heavy atom. The predicted molar refractivity (Wildman–Crippen MR) is 104 cm³/mol. The van der Waals surface area contributed by atoms with E-state index in [2.05, 4.69) is 39.9 Å². The molecule has 1 fully saturated rings. The number of pyridine rings is 1. The van der Waals surface area contributed by atoms with Gasteiger partial charge in [0.15, 0.2) is 0 Å². The maximum Gasteiger partial charge on any atom is 0.269 e. The van der Waals surface area contributed by atoms with Crippen LogP contribution in [0.15, 0.2) is 42.6 Å². The molecule has 0 radical (unpaired) electrons. The highest BCUT2D eigenvalue weighted by Gasteiger charge is 2.24. The Morgan fingerprint density at radius 3 is 2.68 bits per heavy atom. The Labute approximate surface area is 160 Å². The van der Waals surface area contributed by atoms with Crippen LogP contribution in [-0.2, 0) is 6.42 Å². The van der Waals surface area contributed by atoms with Gasteiger partial charge in [0.25, 0.3) is 5.91 Å². The lowest BCUT2D eigenvalue weighted by atomic mass is 9.94. The molecule has 2 N–H and O–H groups in total. The summed E-state index contributed by atoms with van der Waals surface area (Å²) in [5.74, 6) is 0.569. The highest BCUT2D eigenvalue weighted by Crippen LogP contribution is 2.39. The number of halogens is 2. The minimum atomic E-state index is -0.0998. The van der Waals surface area contributed by atoms with Gasteiger partial charge in [-0.1, -0.05) is 30.3 Å². The van der Waals surface area contributed by atoms with Crippen LogP contribution in [0.4, 0.5) is 0 Å². The van der Waals surface area contributed by atoms with E-state index in [1.54, 1.807) is 0 Å². The number of amides is 1. The number of aromatic nitrogens is 1. The van der Waals surface area contributed by atoms with E-state index in [9.17, 15) is 4.79 Å². The number of benzene rings is 1. The van der Waals surface area contributed by atoms with Gasteiger partial charge in [-0.05, 0) is 54.5 Å². The van der Waals surface area contributed by atoms with Crippen molar-refractivity contribution < 1.29 is 4.79 Å². The molecule has 1 atom stereocenters. The van der Waals surface area contributed by atoms with E-state index in [0.29, 0.717) is 18.2 Å². The number of fused-ring (bicyclic) bond motifs is 1. The summed E-state index contributed by atoms with van der Waals surface area (Å²) in [4.78, 5) is 16.6. The van der Waals surface area contributed by atoms with E-state index in [-0.39, 0.29) is 36.8 Å². The minimum Gasteiger partial charge on any atom is -0.349 e. The second-order valence-corrected chi connectivity index (χ2v) is 6.42. The van der Waals surface area contributed by atoms with Gasteiger partial charge in [0.05, 0.1) is 0 Å². The predicted octanol–water partition coefficient (Wildman–Crippen LogP) is 3.42. The van der Waals surface area contributed by atoms with Crippen LogP contribution in [0.25, 0.3) is 0 Å². The van der Waals surface area contributed by atoms with Crippen LogP contribution < -0.4 is 10.6 Å². The number of nitrogens with one attached hydrogen (secondary N) is 2. The smallest absolute Gasteiger partial charge is 0.269 e. The third-order valence-electron chi connectivity index (χ3n) is 4.75. The Bertz CT molecular complexity index is 717. The monoisotopic (exact) mass is 379 g/mol. The first-order valence-electron chi connectivity index (χ1n) is 8.36. The van der Waals surface area contributed by atoms with Gasteiger partial charge >= 0.3 is 0 Å². The largest absolute Gasteiger partial charge is 0.349 e. The fourth-order valence-corrected chi connectivity index (χ4v) is 3.26. The first-order chi connectivity index (χ1) is 11.3. The summed E-state index contributed by atoms with van der Waals surface area (Å²) in [7, 11) is 0. The molecule has 0 spiro atoms. The van der Waals surface area contributed by atoms with Crippen LogP contribution in [0.2, 0.25) is 0 Å². The van der Waals surface area contributed by atoms with E-state index in [0.717, 1.165) is 13.0 Å². The third-order valence-corrected chi connectivity index (χ3v) is 4.75. The van der Waals surface area contributed by atoms with E-state index in [1.807, 2.05) is 18.3 Å². The van der Waals surface area contributed by atoms with Gasteiger partial charge in [-0.3, -0.25) is 9.78 Å². The van der Waals surface area contributed by atoms with E-state index in [4.69, 9.17) is 0 Å². The molecule has 4 rings (SSSR count). The van der Waals surface area contributed by atoms with Crippen molar-refractivity contribution in [3.8, 4) is 0 Å². The minimum absolute atomic E-state index is 0. The molecule has 2 aliphatic rings. The molecule has 134 valence electrons. The number of hydrogen-bond donors (Lipinski definition) is 2. The maximum absolute atomic E-state index is 12.3. The third kappa shape index (κ3) is 4.51. The van der Waals surface area contributed by atoms with Crippen LogP contribution in [0.1, 0.15) is 52.0 Å². The van der Waals surface area contributed by atoms with Crippen LogP contribution in [-0.4, -0.2) is 24.0 Å². The molecular formula is C19H23Cl2N3O. The Hall–Kier alpha value is -1.62. The summed E-state index contributed by atoms with van der Waals surface area (Å²) in [6.45, 7) is 1.54. The number of hydrogen-bond acceptors (Lipinski definition) is 3. The Kier molecular flexibility index (Phi) is 6.82. The molecule has 1 aliphatic carbocycles. The first-order valence-corrected chi connectivity index (χ1v) is 8.36. The summed E-state index contributed by atoms with van der Waals surface area (Å²) in [6, 6.07) is 12.5. The second kappa shape index (κ2) is 8.65. The summed E-state index contributed by atoms with van der Waals surface area (Å²) in [5.41, 5.74) is 4.41. The maximum atomic E-state index is 12.3. The summed E-state index contributed by atoms with van der Waals surface area (Å²) in [5, 5.41) is 6.49. The fourth-order valence-electron chi connectivity index (χ4n) is 3.26. The first kappa shape index (κ1) is 19.7. The molecule has 0 bridgehead atoms. The molecule has 1 aromatic heterocycles. The SMILES string of the molecule is Cl.Cl.O=C(NCC1NCCc2ccccc21)c1ccc(C2CC2)cn1. The van der Waals surface area contributed by atoms with Crippen LogP contribution >= 0.6 is 24.8 Å². The number of nitrogens with zero attached hydrogens (tertiary/aromatic N) is 1.